The van der Waals surface area contributed by atoms with Gasteiger partial charge in [-0.25, -0.2) is 0 Å². The van der Waals surface area contributed by atoms with Crippen molar-refractivity contribution in [3.63, 3.8) is 0 Å². The number of halogens is 1. The summed E-state index contributed by atoms with van der Waals surface area (Å²) in [7, 11) is 0. The van der Waals surface area contributed by atoms with Gasteiger partial charge < -0.3 is 19.5 Å². The predicted molar refractivity (Wildman–Crippen MR) is 72.8 cm³/mol. The van der Waals surface area contributed by atoms with Gasteiger partial charge in [0.05, 0.1) is 5.02 Å². The molecule has 19 heavy (non-hydrogen) atoms. The summed E-state index contributed by atoms with van der Waals surface area (Å²) < 4.78 is 16.0. The molecule has 0 unspecified atom stereocenters. The molecule has 0 aliphatic carbocycles. The minimum absolute atomic E-state index is 0.258. The van der Waals surface area contributed by atoms with Crippen molar-refractivity contribution in [2.75, 3.05) is 26.6 Å². The van der Waals surface area contributed by atoms with Gasteiger partial charge in [-0.05, 0) is 43.0 Å². The van der Waals surface area contributed by atoms with Gasteiger partial charge in [0, 0.05) is 19.8 Å². The quantitative estimate of drug-likeness (QED) is 0.922. The van der Waals surface area contributed by atoms with E-state index < -0.39 is 0 Å². The first kappa shape index (κ1) is 13.0. The maximum atomic E-state index is 6.15. The lowest BCUT2D eigenvalue weighted by Gasteiger charge is -2.22. The molecule has 1 fully saturated rings. The summed E-state index contributed by atoms with van der Waals surface area (Å²) in [6.45, 7) is 3.86. The molecule has 0 bridgehead atoms. The van der Waals surface area contributed by atoms with E-state index in [2.05, 4.69) is 5.32 Å². The Labute approximate surface area is 118 Å². The Morgan fingerprint density at radius 3 is 2.89 bits per heavy atom. The molecule has 1 N–H and O–H groups in total. The Morgan fingerprint density at radius 1 is 1.21 bits per heavy atom. The minimum Gasteiger partial charge on any atom is -0.454 e. The number of benzene rings is 1. The van der Waals surface area contributed by atoms with Crippen molar-refractivity contribution >= 4 is 11.6 Å². The Kier molecular flexibility index (Phi) is 4.11. The van der Waals surface area contributed by atoms with E-state index in [-0.39, 0.29) is 6.79 Å². The molecule has 4 nitrogen and oxygen atoms in total. The van der Waals surface area contributed by atoms with Crippen molar-refractivity contribution in [3.05, 3.63) is 22.7 Å². The van der Waals surface area contributed by atoms with Crippen LogP contribution in [0.1, 0.15) is 18.4 Å². The molecule has 0 aromatic heterocycles. The second-order valence-corrected chi connectivity index (χ2v) is 5.41. The number of hydrogen-bond donors (Lipinski definition) is 1. The van der Waals surface area contributed by atoms with E-state index in [1.54, 1.807) is 0 Å². The summed E-state index contributed by atoms with van der Waals surface area (Å²) in [6, 6.07) is 3.93. The molecule has 2 aliphatic rings. The summed E-state index contributed by atoms with van der Waals surface area (Å²) in [5, 5.41) is 4.10. The van der Waals surface area contributed by atoms with Crippen LogP contribution in [0.2, 0.25) is 5.02 Å². The summed E-state index contributed by atoms with van der Waals surface area (Å²) in [6.07, 6.45) is 2.30. The summed E-state index contributed by atoms with van der Waals surface area (Å²) in [4.78, 5) is 0. The van der Waals surface area contributed by atoms with Crippen LogP contribution in [0.3, 0.4) is 0 Å². The van der Waals surface area contributed by atoms with Gasteiger partial charge in [0.1, 0.15) is 0 Å². The maximum absolute atomic E-state index is 6.15. The summed E-state index contributed by atoms with van der Waals surface area (Å²) >= 11 is 6.15. The molecule has 1 aromatic carbocycles. The fourth-order valence-corrected chi connectivity index (χ4v) is 2.78. The van der Waals surface area contributed by atoms with Gasteiger partial charge in [-0.2, -0.15) is 0 Å². The second-order valence-electron chi connectivity index (χ2n) is 5.00. The van der Waals surface area contributed by atoms with Crippen LogP contribution in [0.4, 0.5) is 0 Å². The molecule has 2 aliphatic heterocycles. The highest BCUT2D eigenvalue weighted by atomic mass is 35.5. The highest BCUT2D eigenvalue weighted by molar-refractivity contribution is 6.32. The van der Waals surface area contributed by atoms with E-state index in [9.17, 15) is 0 Å². The van der Waals surface area contributed by atoms with Crippen LogP contribution in [-0.4, -0.2) is 26.6 Å². The predicted octanol–water partition coefficient (Wildman–Crippen LogP) is 2.58. The molecule has 2 heterocycles. The van der Waals surface area contributed by atoms with Gasteiger partial charge in [0.15, 0.2) is 11.5 Å². The summed E-state index contributed by atoms with van der Waals surface area (Å²) in [5.74, 6) is 2.13. The van der Waals surface area contributed by atoms with Crippen LogP contribution in [0.5, 0.6) is 11.5 Å². The van der Waals surface area contributed by atoms with Crippen molar-refractivity contribution in [2.45, 2.75) is 19.4 Å². The lowest BCUT2D eigenvalue weighted by Crippen LogP contribution is -2.27. The average Bonchev–Trinajstić information content (AvgIpc) is 2.89. The highest BCUT2D eigenvalue weighted by Crippen LogP contribution is 2.39. The van der Waals surface area contributed by atoms with Crippen molar-refractivity contribution in [3.8, 4) is 11.5 Å². The highest BCUT2D eigenvalue weighted by Gasteiger charge is 2.18. The molecule has 5 heteroatoms. The standard InChI is InChI=1S/C14H18ClNO3/c15-12-5-11(6-13-14(12)19-9-18-13)8-16-7-10-1-3-17-4-2-10/h5-6,10,16H,1-4,7-9H2. The largest absolute Gasteiger partial charge is 0.454 e. The first-order valence-electron chi connectivity index (χ1n) is 6.69. The molecular weight excluding hydrogens is 266 g/mol. The van der Waals surface area contributed by atoms with E-state index in [1.165, 1.54) is 0 Å². The van der Waals surface area contributed by atoms with Crippen molar-refractivity contribution in [1.82, 2.24) is 5.32 Å². The van der Waals surface area contributed by atoms with Crippen molar-refractivity contribution in [2.24, 2.45) is 5.92 Å². The van der Waals surface area contributed by atoms with Crippen LogP contribution in [-0.2, 0) is 11.3 Å². The van der Waals surface area contributed by atoms with Crippen LogP contribution in [0.25, 0.3) is 0 Å². The average molecular weight is 284 g/mol. The monoisotopic (exact) mass is 283 g/mol. The van der Waals surface area contributed by atoms with E-state index >= 15 is 0 Å². The van der Waals surface area contributed by atoms with Gasteiger partial charge in [-0.1, -0.05) is 11.6 Å². The molecule has 0 saturated carbocycles. The molecule has 1 aromatic rings. The van der Waals surface area contributed by atoms with Crippen molar-refractivity contribution in [1.29, 1.82) is 0 Å². The maximum Gasteiger partial charge on any atom is 0.231 e. The number of hydrogen-bond acceptors (Lipinski definition) is 4. The summed E-state index contributed by atoms with van der Waals surface area (Å²) in [5.41, 5.74) is 1.13. The topological polar surface area (TPSA) is 39.7 Å². The van der Waals surface area contributed by atoms with Gasteiger partial charge in [0.2, 0.25) is 6.79 Å². The van der Waals surface area contributed by atoms with Gasteiger partial charge in [-0.3, -0.25) is 0 Å². The Balaban J connectivity index is 1.54. The zero-order valence-electron chi connectivity index (χ0n) is 10.8. The van der Waals surface area contributed by atoms with Crippen LogP contribution in [0, 0.1) is 5.92 Å². The van der Waals surface area contributed by atoms with Crippen LogP contribution >= 0.6 is 11.6 Å². The number of nitrogens with one attached hydrogen (secondary N) is 1. The zero-order valence-corrected chi connectivity index (χ0v) is 11.5. The molecule has 0 radical (unpaired) electrons. The Hall–Kier alpha value is -0.970. The van der Waals surface area contributed by atoms with Crippen LogP contribution in [0.15, 0.2) is 12.1 Å². The van der Waals surface area contributed by atoms with Gasteiger partial charge in [-0.15, -0.1) is 0 Å². The third kappa shape index (κ3) is 3.14. The molecule has 104 valence electrons. The number of ether oxygens (including phenoxy) is 3. The Morgan fingerprint density at radius 2 is 2.05 bits per heavy atom. The lowest BCUT2D eigenvalue weighted by molar-refractivity contribution is 0.0662. The SMILES string of the molecule is Clc1cc(CNCC2CCOCC2)cc2c1OCO2. The number of fused-ring (bicyclic) bond motifs is 1. The zero-order chi connectivity index (χ0) is 13.1. The molecular formula is C14H18ClNO3. The first-order valence-corrected chi connectivity index (χ1v) is 7.07. The van der Waals surface area contributed by atoms with Crippen molar-refractivity contribution < 1.29 is 14.2 Å². The third-order valence-electron chi connectivity index (χ3n) is 3.59. The molecule has 0 spiro atoms. The molecule has 0 amide bonds. The smallest absolute Gasteiger partial charge is 0.231 e. The van der Waals surface area contributed by atoms with Gasteiger partial charge in [0.25, 0.3) is 0 Å². The molecule has 3 rings (SSSR count). The fraction of sp³-hybridized carbons (Fsp3) is 0.571. The number of rotatable bonds is 4. The second kappa shape index (κ2) is 5.99. The van der Waals surface area contributed by atoms with E-state index in [0.29, 0.717) is 10.8 Å². The fourth-order valence-electron chi connectivity index (χ4n) is 2.49. The van der Waals surface area contributed by atoms with E-state index in [1.807, 2.05) is 12.1 Å². The first-order chi connectivity index (χ1) is 9.33. The molecule has 0 atom stereocenters. The lowest BCUT2D eigenvalue weighted by atomic mass is 10.0. The van der Waals surface area contributed by atoms with E-state index in [4.69, 9.17) is 25.8 Å². The third-order valence-corrected chi connectivity index (χ3v) is 3.87. The minimum atomic E-state index is 0.258. The Bertz CT molecular complexity index is 447. The molecule has 1 saturated heterocycles. The van der Waals surface area contributed by atoms with Crippen LogP contribution < -0.4 is 14.8 Å². The normalized spacial score (nSPS) is 18.8. The van der Waals surface area contributed by atoms with E-state index in [0.717, 1.165) is 56.4 Å². The van der Waals surface area contributed by atoms with Gasteiger partial charge >= 0.3 is 0 Å².